The van der Waals surface area contributed by atoms with Gasteiger partial charge in [0.2, 0.25) is 5.91 Å². The molecule has 1 aromatic rings. The van der Waals surface area contributed by atoms with Crippen molar-refractivity contribution in [3.63, 3.8) is 0 Å². The minimum Gasteiger partial charge on any atom is -0.316 e. The van der Waals surface area contributed by atoms with Gasteiger partial charge in [0, 0.05) is 18.7 Å². The average molecular weight is 248 g/mol. The molecule has 0 atom stereocenters. The molecule has 1 saturated heterocycles. The van der Waals surface area contributed by atoms with E-state index in [-0.39, 0.29) is 11.7 Å². The highest BCUT2D eigenvalue weighted by Crippen LogP contribution is 2.29. The van der Waals surface area contributed by atoms with Gasteiger partial charge in [0.1, 0.15) is 5.82 Å². The van der Waals surface area contributed by atoms with E-state index in [9.17, 15) is 9.18 Å². The molecule has 0 bridgehead atoms. The second-order valence-electron chi connectivity index (χ2n) is 5.13. The fraction of sp³-hybridized carbons (Fsp3) is 0.500. The molecule has 0 spiro atoms. The number of anilines is 1. The Labute approximate surface area is 106 Å². The molecule has 1 N–H and O–H groups in total. The summed E-state index contributed by atoms with van der Waals surface area (Å²) < 4.78 is 13.2. The first kappa shape index (κ1) is 11.7. The number of carbonyl (C=O) groups excluding carboxylic acids is 1. The Bertz CT molecular complexity index is 471. The van der Waals surface area contributed by atoms with E-state index in [4.69, 9.17) is 0 Å². The number of aryl methyl sites for hydroxylation is 1. The van der Waals surface area contributed by atoms with Crippen LogP contribution in [0.25, 0.3) is 0 Å². The SMILES string of the molecule is O=C1CCc2cc(F)ccc2N1CCC1CNC1. The Kier molecular flexibility index (Phi) is 3.04. The van der Waals surface area contributed by atoms with Crippen LogP contribution in [-0.4, -0.2) is 25.5 Å². The second-order valence-corrected chi connectivity index (χ2v) is 5.13. The van der Waals surface area contributed by atoms with Crippen molar-refractivity contribution in [2.24, 2.45) is 5.92 Å². The van der Waals surface area contributed by atoms with Crippen LogP contribution >= 0.6 is 0 Å². The average Bonchev–Trinajstić information content (AvgIpc) is 2.30. The summed E-state index contributed by atoms with van der Waals surface area (Å²) in [5.74, 6) is 0.635. The summed E-state index contributed by atoms with van der Waals surface area (Å²) in [6, 6.07) is 4.73. The fourth-order valence-electron chi connectivity index (χ4n) is 2.64. The normalized spacial score (nSPS) is 19.6. The lowest BCUT2D eigenvalue weighted by Crippen LogP contribution is -2.45. The van der Waals surface area contributed by atoms with E-state index in [2.05, 4.69) is 5.32 Å². The van der Waals surface area contributed by atoms with Crippen molar-refractivity contribution < 1.29 is 9.18 Å². The topological polar surface area (TPSA) is 32.3 Å². The molecule has 0 aliphatic carbocycles. The molecule has 0 unspecified atom stereocenters. The van der Waals surface area contributed by atoms with E-state index in [0.717, 1.165) is 37.3 Å². The summed E-state index contributed by atoms with van der Waals surface area (Å²) in [7, 11) is 0. The molecular formula is C14H17FN2O. The van der Waals surface area contributed by atoms with Gasteiger partial charge in [-0.3, -0.25) is 4.79 Å². The minimum atomic E-state index is -0.216. The summed E-state index contributed by atoms with van der Waals surface area (Å²) in [6.07, 6.45) is 2.18. The van der Waals surface area contributed by atoms with Crippen molar-refractivity contribution in [3.05, 3.63) is 29.6 Å². The van der Waals surface area contributed by atoms with Gasteiger partial charge in [0.05, 0.1) is 0 Å². The number of hydrogen-bond donors (Lipinski definition) is 1. The zero-order chi connectivity index (χ0) is 12.5. The number of benzene rings is 1. The largest absolute Gasteiger partial charge is 0.316 e. The van der Waals surface area contributed by atoms with Crippen molar-refractivity contribution in [3.8, 4) is 0 Å². The monoisotopic (exact) mass is 248 g/mol. The van der Waals surface area contributed by atoms with Crippen LogP contribution in [0.4, 0.5) is 10.1 Å². The molecule has 3 rings (SSSR count). The number of fused-ring (bicyclic) bond motifs is 1. The highest BCUT2D eigenvalue weighted by Gasteiger charge is 2.26. The van der Waals surface area contributed by atoms with Gasteiger partial charge in [-0.2, -0.15) is 0 Å². The Balaban J connectivity index is 1.77. The van der Waals surface area contributed by atoms with Crippen LogP contribution in [0.1, 0.15) is 18.4 Å². The van der Waals surface area contributed by atoms with E-state index >= 15 is 0 Å². The van der Waals surface area contributed by atoms with Gasteiger partial charge in [0.25, 0.3) is 0 Å². The Hall–Kier alpha value is -1.42. The molecule has 1 fully saturated rings. The molecule has 0 radical (unpaired) electrons. The predicted octanol–water partition coefficient (Wildman–Crippen LogP) is 1.71. The van der Waals surface area contributed by atoms with Crippen LogP contribution in [0.2, 0.25) is 0 Å². The van der Waals surface area contributed by atoms with Gasteiger partial charge in [-0.15, -0.1) is 0 Å². The van der Waals surface area contributed by atoms with Gasteiger partial charge < -0.3 is 10.2 Å². The van der Waals surface area contributed by atoms with Crippen molar-refractivity contribution in [2.45, 2.75) is 19.3 Å². The first-order chi connectivity index (χ1) is 8.74. The maximum atomic E-state index is 13.2. The van der Waals surface area contributed by atoms with Gasteiger partial charge >= 0.3 is 0 Å². The lowest BCUT2D eigenvalue weighted by atomic mass is 9.96. The number of amides is 1. The van der Waals surface area contributed by atoms with Crippen molar-refractivity contribution in [2.75, 3.05) is 24.5 Å². The molecule has 2 heterocycles. The van der Waals surface area contributed by atoms with E-state index < -0.39 is 0 Å². The van der Waals surface area contributed by atoms with Crippen LogP contribution in [-0.2, 0) is 11.2 Å². The molecule has 96 valence electrons. The highest BCUT2D eigenvalue weighted by atomic mass is 19.1. The molecule has 4 heteroatoms. The summed E-state index contributed by atoms with van der Waals surface area (Å²) in [5, 5.41) is 3.23. The summed E-state index contributed by atoms with van der Waals surface area (Å²) in [6.45, 7) is 2.86. The molecule has 1 aromatic carbocycles. The molecule has 0 aromatic heterocycles. The minimum absolute atomic E-state index is 0.168. The third-order valence-electron chi connectivity index (χ3n) is 3.87. The zero-order valence-electron chi connectivity index (χ0n) is 10.3. The van der Waals surface area contributed by atoms with Gasteiger partial charge in [-0.05, 0) is 55.6 Å². The molecule has 18 heavy (non-hydrogen) atoms. The zero-order valence-corrected chi connectivity index (χ0v) is 10.3. The number of halogens is 1. The lowest BCUT2D eigenvalue weighted by molar-refractivity contribution is -0.118. The van der Waals surface area contributed by atoms with E-state index in [1.165, 1.54) is 6.07 Å². The molecule has 2 aliphatic rings. The third kappa shape index (κ3) is 2.12. The first-order valence-corrected chi connectivity index (χ1v) is 6.53. The summed E-state index contributed by atoms with van der Waals surface area (Å²) in [5.41, 5.74) is 1.86. The Morgan fingerprint density at radius 3 is 2.89 bits per heavy atom. The Morgan fingerprint density at radius 1 is 1.33 bits per heavy atom. The van der Waals surface area contributed by atoms with Crippen LogP contribution in [0.3, 0.4) is 0 Å². The predicted molar refractivity (Wildman–Crippen MR) is 68.1 cm³/mol. The molecular weight excluding hydrogens is 231 g/mol. The van der Waals surface area contributed by atoms with Crippen molar-refractivity contribution in [1.82, 2.24) is 5.32 Å². The van der Waals surface area contributed by atoms with Crippen LogP contribution in [0, 0.1) is 11.7 Å². The second kappa shape index (κ2) is 4.69. The lowest BCUT2D eigenvalue weighted by Gasteiger charge is -2.33. The molecule has 3 nitrogen and oxygen atoms in total. The smallest absolute Gasteiger partial charge is 0.227 e. The van der Waals surface area contributed by atoms with Crippen LogP contribution < -0.4 is 10.2 Å². The number of nitrogens with zero attached hydrogens (tertiary/aromatic N) is 1. The number of carbonyl (C=O) groups is 1. The molecule has 1 amide bonds. The quantitative estimate of drug-likeness (QED) is 0.883. The van der Waals surface area contributed by atoms with Crippen LogP contribution in [0.15, 0.2) is 18.2 Å². The first-order valence-electron chi connectivity index (χ1n) is 6.53. The highest BCUT2D eigenvalue weighted by molar-refractivity contribution is 5.96. The van der Waals surface area contributed by atoms with Crippen molar-refractivity contribution >= 4 is 11.6 Å². The fourth-order valence-corrected chi connectivity index (χ4v) is 2.64. The van der Waals surface area contributed by atoms with E-state index in [1.807, 2.05) is 4.90 Å². The van der Waals surface area contributed by atoms with Gasteiger partial charge in [-0.25, -0.2) is 4.39 Å². The maximum absolute atomic E-state index is 13.2. The number of nitrogens with one attached hydrogen (secondary N) is 1. The number of rotatable bonds is 3. The Morgan fingerprint density at radius 2 is 2.17 bits per heavy atom. The standard InChI is InChI=1S/C14H17FN2O/c15-12-2-3-13-11(7-12)1-4-14(18)17(13)6-5-10-8-16-9-10/h2-3,7,10,16H,1,4-6,8-9H2. The van der Waals surface area contributed by atoms with Gasteiger partial charge in [0.15, 0.2) is 0 Å². The molecule has 0 saturated carbocycles. The van der Waals surface area contributed by atoms with Crippen molar-refractivity contribution in [1.29, 1.82) is 0 Å². The van der Waals surface area contributed by atoms with Crippen LogP contribution in [0.5, 0.6) is 0 Å². The third-order valence-corrected chi connectivity index (χ3v) is 3.87. The summed E-state index contributed by atoms with van der Waals surface area (Å²) in [4.78, 5) is 13.8. The number of hydrogen-bond acceptors (Lipinski definition) is 2. The summed E-state index contributed by atoms with van der Waals surface area (Å²) >= 11 is 0. The maximum Gasteiger partial charge on any atom is 0.227 e. The van der Waals surface area contributed by atoms with Gasteiger partial charge in [-0.1, -0.05) is 0 Å². The van der Waals surface area contributed by atoms with E-state index in [1.54, 1.807) is 12.1 Å². The molecule has 2 aliphatic heterocycles. The van der Waals surface area contributed by atoms with E-state index in [0.29, 0.717) is 18.8 Å².